The van der Waals surface area contributed by atoms with Crippen molar-refractivity contribution in [1.82, 2.24) is 0 Å². The van der Waals surface area contributed by atoms with Gasteiger partial charge in [-0.25, -0.2) is 0 Å². The molecule has 2 N–H and O–H groups in total. The molecule has 3 nitrogen and oxygen atoms in total. The molecule has 1 atom stereocenters. The van der Waals surface area contributed by atoms with E-state index in [1.54, 1.807) is 0 Å². The van der Waals surface area contributed by atoms with Crippen LogP contribution in [0, 0.1) is 0 Å². The van der Waals surface area contributed by atoms with Crippen molar-refractivity contribution in [2.45, 2.75) is 102 Å². The van der Waals surface area contributed by atoms with E-state index < -0.39 is 5.60 Å². The molecule has 1 unspecified atom stereocenters. The molecule has 1 aliphatic heterocycles. The van der Waals surface area contributed by atoms with Crippen LogP contribution < -0.4 is 5.73 Å². The van der Waals surface area contributed by atoms with Crippen molar-refractivity contribution >= 4 is 5.91 Å². The largest absolute Gasteiger partial charge is 0.367 e. The summed E-state index contributed by atoms with van der Waals surface area (Å²) in [5, 5.41) is 0. The molecule has 0 aromatic rings. The van der Waals surface area contributed by atoms with Crippen LogP contribution >= 0.6 is 0 Å². The van der Waals surface area contributed by atoms with E-state index in [0.717, 1.165) is 12.8 Å². The summed E-state index contributed by atoms with van der Waals surface area (Å²) < 4.78 is 5.19. The number of ether oxygens (including phenoxy) is 1. The van der Waals surface area contributed by atoms with Crippen LogP contribution in [0.2, 0.25) is 0 Å². The second kappa shape index (κ2) is 11.1. The topological polar surface area (TPSA) is 55.6 Å². The molecule has 0 radical (unpaired) electrons. The Kier molecular flexibility index (Phi) is 9.73. The van der Waals surface area contributed by atoms with Crippen molar-refractivity contribution in [2.75, 3.05) is 6.61 Å². The van der Waals surface area contributed by atoms with E-state index in [1.807, 2.05) is 0 Å². The van der Waals surface area contributed by atoms with Gasteiger partial charge in [0.05, 0.1) is 6.61 Å². The summed E-state index contributed by atoms with van der Waals surface area (Å²) in [5.74, 6) is -0.276. The Morgan fingerprint density at radius 2 is 1.24 bits per heavy atom. The van der Waals surface area contributed by atoms with E-state index in [-0.39, 0.29) is 5.91 Å². The number of epoxide rings is 1. The first kappa shape index (κ1) is 18.5. The standard InChI is InChI=1S/C18H35NO2/c1-2-3-4-5-6-7-8-9-10-11-12-13-14-15-18(16-21-18)17(19)20/h2-16H2,1H3,(H2,19,20). The van der Waals surface area contributed by atoms with Gasteiger partial charge in [0.25, 0.3) is 5.91 Å². The van der Waals surface area contributed by atoms with Crippen molar-refractivity contribution in [3.05, 3.63) is 0 Å². The molecule has 21 heavy (non-hydrogen) atoms. The number of amides is 1. The lowest BCUT2D eigenvalue weighted by Gasteiger charge is -2.07. The summed E-state index contributed by atoms with van der Waals surface area (Å²) in [7, 11) is 0. The highest BCUT2D eigenvalue weighted by Crippen LogP contribution is 2.32. The fourth-order valence-electron chi connectivity index (χ4n) is 2.93. The summed E-state index contributed by atoms with van der Waals surface area (Å²) in [6, 6.07) is 0. The van der Waals surface area contributed by atoms with Gasteiger partial charge in [-0.05, 0) is 12.8 Å². The van der Waals surface area contributed by atoms with Crippen LogP contribution in [0.25, 0.3) is 0 Å². The SMILES string of the molecule is CCCCCCCCCCCCCCCC1(C(N)=O)CO1. The van der Waals surface area contributed by atoms with E-state index in [4.69, 9.17) is 10.5 Å². The lowest BCUT2D eigenvalue weighted by molar-refractivity contribution is -0.123. The maximum atomic E-state index is 11.1. The third-order valence-electron chi connectivity index (χ3n) is 4.63. The molecule has 0 spiro atoms. The highest BCUT2D eigenvalue weighted by molar-refractivity contribution is 5.85. The monoisotopic (exact) mass is 297 g/mol. The third kappa shape index (κ3) is 8.45. The minimum absolute atomic E-state index is 0.276. The molecule has 1 rings (SSSR count). The Labute approximate surface area is 131 Å². The minimum Gasteiger partial charge on any atom is -0.367 e. The van der Waals surface area contributed by atoms with Crippen LogP contribution in [0.15, 0.2) is 0 Å². The molecule has 1 heterocycles. The molecular weight excluding hydrogens is 262 g/mol. The molecule has 1 aliphatic rings. The summed E-state index contributed by atoms with van der Waals surface area (Å²) in [5.41, 5.74) is 4.74. The second-order valence-electron chi connectivity index (χ2n) is 6.64. The number of carbonyl (C=O) groups excluding carboxylic acids is 1. The number of nitrogens with two attached hydrogens (primary N) is 1. The van der Waals surface area contributed by atoms with Gasteiger partial charge in [0.1, 0.15) is 0 Å². The van der Waals surface area contributed by atoms with Crippen LogP contribution in [-0.2, 0) is 9.53 Å². The molecular formula is C18H35NO2. The Balaban J connectivity index is 1.74. The van der Waals surface area contributed by atoms with Gasteiger partial charge in [-0.3, -0.25) is 4.79 Å². The van der Waals surface area contributed by atoms with E-state index in [9.17, 15) is 4.79 Å². The summed E-state index contributed by atoms with van der Waals surface area (Å²) in [4.78, 5) is 11.1. The highest BCUT2D eigenvalue weighted by atomic mass is 16.6. The van der Waals surface area contributed by atoms with E-state index in [1.165, 1.54) is 77.0 Å². The molecule has 0 aromatic heterocycles. The first-order valence-electron chi connectivity index (χ1n) is 9.15. The van der Waals surface area contributed by atoms with E-state index in [0.29, 0.717) is 6.61 Å². The van der Waals surface area contributed by atoms with E-state index >= 15 is 0 Å². The molecule has 124 valence electrons. The van der Waals surface area contributed by atoms with Gasteiger partial charge in [0.15, 0.2) is 5.60 Å². The number of unbranched alkanes of at least 4 members (excludes halogenated alkanes) is 12. The van der Waals surface area contributed by atoms with Crippen LogP contribution in [0.4, 0.5) is 0 Å². The van der Waals surface area contributed by atoms with Crippen LogP contribution in [0.1, 0.15) is 96.8 Å². The lowest BCUT2D eigenvalue weighted by atomic mass is 10.00. The number of primary amides is 1. The number of hydrogen-bond acceptors (Lipinski definition) is 2. The first-order chi connectivity index (χ1) is 10.2. The lowest BCUT2D eigenvalue weighted by Crippen LogP contribution is -2.31. The van der Waals surface area contributed by atoms with Gasteiger partial charge in [0, 0.05) is 0 Å². The first-order valence-corrected chi connectivity index (χ1v) is 9.15. The molecule has 1 amide bonds. The fraction of sp³-hybridized carbons (Fsp3) is 0.944. The Bertz CT molecular complexity index is 274. The minimum atomic E-state index is -0.572. The van der Waals surface area contributed by atoms with Crippen molar-refractivity contribution in [2.24, 2.45) is 5.73 Å². The van der Waals surface area contributed by atoms with Crippen molar-refractivity contribution < 1.29 is 9.53 Å². The predicted molar refractivity (Wildman–Crippen MR) is 88.2 cm³/mol. The fourth-order valence-corrected chi connectivity index (χ4v) is 2.93. The van der Waals surface area contributed by atoms with E-state index in [2.05, 4.69) is 6.92 Å². The van der Waals surface area contributed by atoms with Gasteiger partial charge >= 0.3 is 0 Å². The Morgan fingerprint density at radius 1 is 0.857 bits per heavy atom. The Hall–Kier alpha value is -0.570. The zero-order chi connectivity index (χ0) is 15.4. The maximum Gasteiger partial charge on any atom is 0.252 e. The van der Waals surface area contributed by atoms with Gasteiger partial charge in [-0.1, -0.05) is 84.0 Å². The predicted octanol–water partition coefficient (Wildman–Crippen LogP) is 4.72. The maximum absolute atomic E-state index is 11.1. The average Bonchev–Trinajstić information content (AvgIpc) is 3.25. The molecule has 1 saturated heterocycles. The van der Waals surface area contributed by atoms with Gasteiger partial charge in [-0.2, -0.15) is 0 Å². The summed E-state index contributed by atoms with van der Waals surface area (Å²) in [6.45, 7) is 2.81. The summed E-state index contributed by atoms with van der Waals surface area (Å²) in [6.07, 6.45) is 18.3. The van der Waals surface area contributed by atoms with Crippen molar-refractivity contribution in [3.63, 3.8) is 0 Å². The van der Waals surface area contributed by atoms with Crippen LogP contribution in [-0.4, -0.2) is 18.1 Å². The molecule has 1 fully saturated rings. The molecule has 0 aromatic carbocycles. The molecule has 3 heteroatoms. The van der Waals surface area contributed by atoms with Gasteiger partial charge in [-0.15, -0.1) is 0 Å². The van der Waals surface area contributed by atoms with Crippen LogP contribution in [0.5, 0.6) is 0 Å². The van der Waals surface area contributed by atoms with Gasteiger partial charge < -0.3 is 10.5 Å². The average molecular weight is 297 g/mol. The summed E-state index contributed by atoms with van der Waals surface area (Å²) >= 11 is 0. The Morgan fingerprint density at radius 3 is 1.57 bits per heavy atom. The third-order valence-corrected chi connectivity index (χ3v) is 4.63. The zero-order valence-corrected chi connectivity index (χ0v) is 14.0. The quantitative estimate of drug-likeness (QED) is 0.351. The molecule has 0 aliphatic carbocycles. The normalized spacial score (nSPS) is 20.6. The van der Waals surface area contributed by atoms with Crippen molar-refractivity contribution in [3.8, 4) is 0 Å². The number of carbonyl (C=O) groups is 1. The zero-order valence-electron chi connectivity index (χ0n) is 14.0. The smallest absolute Gasteiger partial charge is 0.252 e. The second-order valence-corrected chi connectivity index (χ2v) is 6.64. The number of hydrogen-bond donors (Lipinski definition) is 1. The van der Waals surface area contributed by atoms with Gasteiger partial charge in [0.2, 0.25) is 0 Å². The van der Waals surface area contributed by atoms with Crippen LogP contribution in [0.3, 0.4) is 0 Å². The molecule has 0 bridgehead atoms. The molecule has 0 saturated carbocycles. The number of rotatable bonds is 15. The highest BCUT2D eigenvalue weighted by Gasteiger charge is 2.49. The van der Waals surface area contributed by atoms with Crippen molar-refractivity contribution in [1.29, 1.82) is 0 Å².